The molecule has 1 heterocycles. The molecule has 0 aliphatic carbocycles. The summed E-state index contributed by atoms with van der Waals surface area (Å²) < 4.78 is 15.9. The molecule has 5 nitrogen and oxygen atoms in total. The maximum Gasteiger partial charge on any atom is 0.142 e. The number of rotatable bonds is 5. The Labute approximate surface area is 118 Å². The van der Waals surface area contributed by atoms with Crippen LogP contribution in [-0.2, 0) is 0 Å². The van der Waals surface area contributed by atoms with Crippen LogP contribution >= 0.6 is 0 Å². The average molecular weight is 274 g/mol. The second-order valence-corrected chi connectivity index (χ2v) is 4.18. The van der Waals surface area contributed by atoms with Gasteiger partial charge in [-0.2, -0.15) is 0 Å². The minimum absolute atomic E-state index is 0.438. The maximum absolute atomic E-state index is 6.30. The molecule has 106 valence electrons. The summed E-state index contributed by atoms with van der Waals surface area (Å²) in [5.41, 5.74) is 7.79. The van der Waals surface area contributed by atoms with Crippen molar-refractivity contribution < 1.29 is 14.2 Å². The van der Waals surface area contributed by atoms with Gasteiger partial charge in [0.25, 0.3) is 0 Å². The van der Waals surface area contributed by atoms with Crippen LogP contribution in [0.5, 0.6) is 17.2 Å². The summed E-state index contributed by atoms with van der Waals surface area (Å²) in [6.07, 6.45) is 1.69. The number of nitrogens with two attached hydrogens (primary N) is 1. The number of hydrogen-bond donors (Lipinski definition) is 1. The van der Waals surface area contributed by atoms with Crippen LogP contribution in [0.2, 0.25) is 0 Å². The van der Waals surface area contributed by atoms with Gasteiger partial charge in [0, 0.05) is 17.8 Å². The molecule has 1 unspecified atom stereocenters. The van der Waals surface area contributed by atoms with Crippen molar-refractivity contribution >= 4 is 0 Å². The summed E-state index contributed by atoms with van der Waals surface area (Å²) in [7, 11) is 4.80. The fraction of sp³-hybridized carbons (Fsp3) is 0.267. The van der Waals surface area contributed by atoms with E-state index in [0.29, 0.717) is 22.9 Å². The van der Waals surface area contributed by atoms with Crippen molar-refractivity contribution in [1.82, 2.24) is 4.98 Å². The highest BCUT2D eigenvalue weighted by Gasteiger charge is 2.19. The molecule has 20 heavy (non-hydrogen) atoms. The molecule has 5 heteroatoms. The first kappa shape index (κ1) is 14.1. The van der Waals surface area contributed by atoms with Gasteiger partial charge in [0.2, 0.25) is 0 Å². The van der Waals surface area contributed by atoms with E-state index in [9.17, 15) is 0 Å². The van der Waals surface area contributed by atoms with Crippen LogP contribution in [0.15, 0.2) is 36.5 Å². The number of methoxy groups -OCH3 is 3. The van der Waals surface area contributed by atoms with Crippen LogP contribution < -0.4 is 19.9 Å². The third-order valence-electron chi connectivity index (χ3n) is 3.09. The molecule has 0 bridgehead atoms. The fourth-order valence-electron chi connectivity index (χ4n) is 2.03. The number of aromatic nitrogens is 1. The van der Waals surface area contributed by atoms with E-state index in [1.165, 1.54) is 0 Å². The summed E-state index contributed by atoms with van der Waals surface area (Å²) in [6, 6.07) is 8.71. The van der Waals surface area contributed by atoms with Gasteiger partial charge in [-0.05, 0) is 24.3 Å². The molecule has 2 aromatic rings. The minimum atomic E-state index is -0.438. The zero-order chi connectivity index (χ0) is 14.5. The van der Waals surface area contributed by atoms with E-state index in [-0.39, 0.29) is 0 Å². The molecule has 0 saturated heterocycles. The standard InChI is InChI=1S/C15H18N2O3/c1-18-10-6-7-11(13(9-10)20-3)14(16)15-12(19-2)5-4-8-17-15/h4-9,14H,16H2,1-3H3. The van der Waals surface area contributed by atoms with Crippen molar-refractivity contribution in [3.8, 4) is 17.2 Å². The van der Waals surface area contributed by atoms with Crippen LogP contribution in [0.3, 0.4) is 0 Å². The van der Waals surface area contributed by atoms with Crippen molar-refractivity contribution in [3.05, 3.63) is 47.8 Å². The number of hydrogen-bond acceptors (Lipinski definition) is 5. The Balaban J connectivity index is 2.45. The quantitative estimate of drug-likeness (QED) is 0.905. The van der Waals surface area contributed by atoms with Gasteiger partial charge in [-0.1, -0.05) is 0 Å². The third kappa shape index (κ3) is 2.67. The van der Waals surface area contributed by atoms with Crippen LogP contribution in [0.25, 0.3) is 0 Å². The van der Waals surface area contributed by atoms with E-state index >= 15 is 0 Å². The number of ether oxygens (including phenoxy) is 3. The van der Waals surface area contributed by atoms with Gasteiger partial charge in [0.05, 0.1) is 27.4 Å². The molecule has 0 aliphatic rings. The van der Waals surface area contributed by atoms with Crippen molar-refractivity contribution in [2.24, 2.45) is 5.73 Å². The summed E-state index contributed by atoms with van der Waals surface area (Å²) in [5.74, 6) is 2.02. The second kappa shape index (κ2) is 6.25. The highest BCUT2D eigenvalue weighted by atomic mass is 16.5. The van der Waals surface area contributed by atoms with E-state index in [4.69, 9.17) is 19.9 Å². The van der Waals surface area contributed by atoms with Crippen molar-refractivity contribution in [2.75, 3.05) is 21.3 Å². The van der Waals surface area contributed by atoms with Gasteiger partial charge in [-0.3, -0.25) is 4.98 Å². The van der Waals surface area contributed by atoms with Crippen molar-refractivity contribution in [2.45, 2.75) is 6.04 Å². The maximum atomic E-state index is 6.30. The van der Waals surface area contributed by atoms with Crippen LogP contribution in [-0.4, -0.2) is 26.3 Å². The Kier molecular flexibility index (Phi) is 4.42. The first-order valence-electron chi connectivity index (χ1n) is 6.17. The Bertz CT molecular complexity index is 587. The first-order chi connectivity index (χ1) is 9.71. The van der Waals surface area contributed by atoms with Gasteiger partial charge in [0.15, 0.2) is 0 Å². The molecule has 0 amide bonds. The SMILES string of the molecule is COc1ccc(C(N)c2ncccc2OC)c(OC)c1. The predicted octanol–water partition coefficient (Wildman–Crippen LogP) is 2.16. The van der Waals surface area contributed by atoms with E-state index in [0.717, 1.165) is 5.56 Å². The zero-order valence-electron chi connectivity index (χ0n) is 11.8. The number of nitrogens with zero attached hydrogens (tertiary/aromatic N) is 1. The highest BCUT2D eigenvalue weighted by Crippen LogP contribution is 2.33. The lowest BCUT2D eigenvalue weighted by atomic mass is 10.0. The zero-order valence-corrected chi connectivity index (χ0v) is 11.8. The van der Waals surface area contributed by atoms with Crippen molar-refractivity contribution in [1.29, 1.82) is 0 Å². The van der Waals surface area contributed by atoms with Gasteiger partial charge in [-0.25, -0.2) is 0 Å². The van der Waals surface area contributed by atoms with Crippen LogP contribution in [0.1, 0.15) is 17.3 Å². The molecule has 1 atom stereocenters. The molecule has 0 saturated carbocycles. The molecule has 0 aliphatic heterocycles. The molecule has 1 aromatic carbocycles. The highest BCUT2D eigenvalue weighted by molar-refractivity contribution is 5.47. The average Bonchev–Trinajstić information content (AvgIpc) is 2.53. The van der Waals surface area contributed by atoms with E-state index in [1.807, 2.05) is 18.2 Å². The van der Waals surface area contributed by atoms with Crippen LogP contribution in [0, 0.1) is 0 Å². The largest absolute Gasteiger partial charge is 0.497 e. The smallest absolute Gasteiger partial charge is 0.142 e. The lowest BCUT2D eigenvalue weighted by molar-refractivity contribution is 0.387. The Morgan fingerprint density at radius 1 is 1.00 bits per heavy atom. The summed E-state index contributed by atoms with van der Waals surface area (Å²) in [5, 5.41) is 0. The molecule has 2 rings (SSSR count). The predicted molar refractivity (Wildman–Crippen MR) is 76.4 cm³/mol. The van der Waals surface area contributed by atoms with Crippen molar-refractivity contribution in [3.63, 3.8) is 0 Å². The molecule has 1 aromatic heterocycles. The Morgan fingerprint density at radius 3 is 2.40 bits per heavy atom. The lowest BCUT2D eigenvalue weighted by Crippen LogP contribution is -2.15. The van der Waals surface area contributed by atoms with Crippen LogP contribution in [0.4, 0.5) is 0 Å². The summed E-state index contributed by atoms with van der Waals surface area (Å²) >= 11 is 0. The lowest BCUT2D eigenvalue weighted by Gasteiger charge is -2.18. The summed E-state index contributed by atoms with van der Waals surface area (Å²) in [4.78, 5) is 4.31. The first-order valence-corrected chi connectivity index (χ1v) is 6.17. The number of benzene rings is 1. The van der Waals surface area contributed by atoms with Gasteiger partial charge in [-0.15, -0.1) is 0 Å². The normalized spacial score (nSPS) is 11.8. The molecule has 0 fully saturated rings. The Hall–Kier alpha value is -2.27. The third-order valence-corrected chi connectivity index (χ3v) is 3.09. The molecule has 2 N–H and O–H groups in total. The molecular formula is C15H18N2O3. The minimum Gasteiger partial charge on any atom is -0.497 e. The fourth-order valence-corrected chi connectivity index (χ4v) is 2.03. The monoisotopic (exact) mass is 274 g/mol. The second-order valence-electron chi connectivity index (χ2n) is 4.18. The van der Waals surface area contributed by atoms with E-state index in [2.05, 4.69) is 4.98 Å². The Morgan fingerprint density at radius 2 is 1.75 bits per heavy atom. The summed E-state index contributed by atoms with van der Waals surface area (Å²) in [6.45, 7) is 0. The number of pyridine rings is 1. The molecule has 0 radical (unpaired) electrons. The molecule has 0 spiro atoms. The van der Waals surface area contributed by atoms with E-state index < -0.39 is 6.04 Å². The topological polar surface area (TPSA) is 66.6 Å². The van der Waals surface area contributed by atoms with Gasteiger partial charge < -0.3 is 19.9 Å². The molecular weight excluding hydrogens is 256 g/mol. The van der Waals surface area contributed by atoms with E-state index in [1.54, 1.807) is 39.7 Å². The van der Waals surface area contributed by atoms with Gasteiger partial charge in [0.1, 0.15) is 22.9 Å². The van der Waals surface area contributed by atoms with Gasteiger partial charge >= 0.3 is 0 Å².